The van der Waals surface area contributed by atoms with E-state index < -0.39 is 0 Å². The van der Waals surface area contributed by atoms with E-state index >= 15 is 0 Å². The number of aryl methyl sites for hydroxylation is 1. The van der Waals surface area contributed by atoms with Gasteiger partial charge in [-0.05, 0) is 47.5 Å². The molecule has 5 rings (SSSR count). The van der Waals surface area contributed by atoms with Crippen LogP contribution in [0.5, 0.6) is 5.75 Å². The zero-order chi connectivity index (χ0) is 26.2. The lowest BCUT2D eigenvalue weighted by Gasteiger charge is -2.04. The Morgan fingerprint density at radius 3 is 1.82 bits per heavy atom. The van der Waals surface area contributed by atoms with Crippen molar-refractivity contribution < 1.29 is 18.7 Å². The molecule has 0 aliphatic heterocycles. The van der Waals surface area contributed by atoms with Crippen molar-refractivity contribution in [1.29, 1.82) is 0 Å². The predicted molar refractivity (Wildman–Crippen MR) is 146 cm³/mol. The molecular weight excluding hydrogens is 472 g/mol. The first kappa shape index (κ1) is 25.0. The third-order valence-electron chi connectivity index (χ3n) is 6.34. The number of nitrogens with zero attached hydrogens (tertiary/aromatic N) is 4. The Balaban J connectivity index is 1.14. The van der Waals surface area contributed by atoms with Gasteiger partial charge in [-0.3, -0.25) is 4.79 Å². The van der Waals surface area contributed by atoms with Crippen LogP contribution in [0.1, 0.15) is 18.9 Å². The van der Waals surface area contributed by atoms with Crippen molar-refractivity contribution in [3.05, 3.63) is 127 Å². The number of hydrogen-bond donors (Lipinski definition) is 0. The van der Waals surface area contributed by atoms with Crippen LogP contribution in [0.25, 0.3) is 11.1 Å². The van der Waals surface area contributed by atoms with Crippen LogP contribution < -0.4 is 13.9 Å². The molecule has 0 fully saturated rings. The molecule has 0 bridgehead atoms. The van der Waals surface area contributed by atoms with Crippen molar-refractivity contribution in [2.75, 3.05) is 0 Å². The lowest BCUT2D eigenvalue weighted by Crippen LogP contribution is -2.33. The van der Waals surface area contributed by atoms with E-state index in [1.165, 1.54) is 23.6 Å². The van der Waals surface area contributed by atoms with E-state index in [1.807, 2.05) is 12.1 Å². The maximum absolute atomic E-state index is 11.0. The normalized spacial score (nSPS) is 12.9. The van der Waals surface area contributed by atoms with E-state index in [2.05, 4.69) is 105 Å². The second-order valence-corrected chi connectivity index (χ2v) is 9.26. The quantitative estimate of drug-likeness (QED) is 0.114. The molecule has 0 saturated heterocycles. The highest BCUT2D eigenvalue weighted by atomic mass is 16.5. The number of hydrogen-bond acceptors (Lipinski definition) is 4. The SMILES string of the molecule is CC(=O)Oc1ccc(N=Nc2ccc(C[n+]3ccc(-c4cc[n+](CCC5C=CC=C5)cc4)cc3)cc2)cc1. The molecule has 0 atom stereocenters. The minimum absolute atomic E-state index is 0.348. The molecule has 2 heterocycles. The van der Waals surface area contributed by atoms with Crippen molar-refractivity contribution in [1.82, 2.24) is 0 Å². The van der Waals surface area contributed by atoms with Gasteiger partial charge >= 0.3 is 5.97 Å². The molecule has 1 aliphatic rings. The van der Waals surface area contributed by atoms with Crippen LogP contribution in [0.4, 0.5) is 11.4 Å². The van der Waals surface area contributed by atoms with Crippen LogP contribution in [0, 0.1) is 5.92 Å². The summed E-state index contributed by atoms with van der Waals surface area (Å²) < 4.78 is 9.44. The van der Waals surface area contributed by atoms with Crippen LogP contribution >= 0.6 is 0 Å². The minimum atomic E-state index is -0.348. The smallest absolute Gasteiger partial charge is 0.308 e. The van der Waals surface area contributed by atoms with E-state index in [0.29, 0.717) is 17.4 Å². The summed E-state index contributed by atoms with van der Waals surface area (Å²) in [5.74, 6) is 0.703. The molecule has 188 valence electrons. The first-order valence-electron chi connectivity index (χ1n) is 12.7. The van der Waals surface area contributed by atoms with E-state index in [4.69, 9.17) is 4.74 Å². The number of ether oxygens (including phenoxy) is 1. The van der Waals surface area contributed by atoms with Crippen molar-refractivity contribution in [2.45, 2.75) is 26.4 Å². The molecule has 4 aromatic rings. The summed E-state index contributed by atoms with van der Waals surface area (Å²) in [6.45, 7) is 3.16. The van der Waals surface area contributed by atoms with Gasteiger partial charge in [0.2, 0.25) is 0 Å². The standard InChI is InChI=1S/C32H30N4O2/c1-25(37)38-32-12-10-31(11-13-32)34-33-30-8-6-27(7-9-30)24-36-22-17-29(18-23-36)28-15-20-35(21-16-28)19-14-26-4-2-3-5-26/h2-13,15-18,20-23,26H,14,19,24H2,1H3/q+2. The third kappa shape index (κ3) is 6.95. The van der Waals surface area contributed by atoms with E-state index in [0.717, 1.165) is 25.2 Å². The van der Waals surface area contributed by atoms with Crippen LogP contribution in [0.3, 0.4) is 0 Å². The number of allylic oxidation sites excluding steroid dienone is 4. The van der Waals surface area contributed by atoms with Gasteiger partial charge in [0.15, 0.2) is 31.3 Å². The van der Waals surface area contributed by atoms with Crippen LogP contribution in [-0.2, 0) is 17.9 Å². The average molecular weight is 503 g/mol. The molecule has 2 aromatic heterocycles. The van der Waals surface area contributed by atoms with Gasteiger partial charge in [-0.15, -0.1) is 0 Å². The average Bonchev–Trinajstić information content (AvgIpc) is 3.47. The fourth-order valence-electron chi connectivity index (χ4n) is 4.26. The Morgan fingerprint density at radius 1 is 0.737 bits per heavy atom. The number of carbonyl (C=O) groups is 1. The zero-order valence-corrected chi connectivity index (χ0v) is 21.4. The lowest BCUT2D eigenvalue weighted by molar-refractivity contribution is -0.697. The van der Waals surface area contributed by atoms with E-state index in [1.54, 1.807) is 24.3 Å². The van der Waals surface area contributed by atoms with Gasteiger partial charge in [-0.2, -0.15) is 10.2 Å². The number of carbonyl (C=O) groups excluding carboxylic acids is 1. The molecule has 0 N–H and O–H groups in total. The number of pyridine rings is 2. The Kier molecular flexibility index (Phi) is 7.89. The molecule has 0 spiro atoms. The summed E-state index contributed by atoms with van der Waals surface area (Å²) in [5.41, 5.74) is 5.06. The summed E-state index contributed by atoms with van der Waals surface area (Å²) in [5, 5.41) is 8.56. The number of rotatable bonds is 9. The fourth-order valence-corrected chi connectivity index (χ4v) is 4.26. The third-order valence-corrected chi connectivity index (χ3v) is 6.34. The Bertz CT molecular complexity index is 1440. The van der Waals surface area contributed by atoms with Crippen LogP contribution in [0.2, 0.25) is 0 Å². The maximum Gasteiger partial charge on any atom is 0.308 e. The number of benzene rings is 2. The highest BCUT2D eigenvalue weighted by molar-refractivity contribution is 5.69. The molecule has 0 radical (unpaired) electrons. The molecule has 0 saturated carbocycles. The minimum Gasteiger partial charge on any atom is -0.427 e. The largest absolute Gasteiger partial charge is 0.427 e. The van der Waals surface area contributed by atoms with Gasteiger partial charge in [-0.1, -0.05) is 36.4 Å². The summed E-state index contributed by atoms with van der Waals surface area (Å²) >= 11 is 0. The second-order valence-electron chi connectivity index (χ2n) is 9.26. The van der Waals surface area contributed by atoms with Crippen molar-refractivity contribution >= 4 is 17.3 Å². The first-order chi connectivity index (χ1) is 18.6. The van der Waals surface area contributed by atoms with Gasteiger partial charge < -0.3 is 4.74 Å². The molecule has 6 nitrogen and oxygen atoms in total. The predicted octanol–water partition coefficient (Wildman–Crippen LogP) is 6.45. The molecule has 0 unspecified atom stereocenters. The van der Waals surface area contributed by atoms with Crippen molar-refractivity contribution in [3.8, 4) is 16.9 Å². The Morgan fingerprint density at radius 2 is 1.26 bits per heavy atom. The number of aromatic nitrogens is 2. The molecule has 1 aliphatic carbocycles. The topological polar surface area (TPSA) is 58.8 Å². The summed E-state index contributed by atoms with van der Waals surface area (Å²) in [7, 11) is 0. The zero-order valence-electron chi connectivity index (χ0n) is 21.4. The van der Waals surface area contributed by atoms with Gasteiger partial charge in [0.05, 0.1) is 11.4 Å². The van der Waals surface area contributed by atoms with Crippen molar-refractivity contribution in [2.24, 2.45) is 16.1 Å². The fraction of sp³-hybridized carbons (Fsp3) is 0.156. The van der Waals surface area contributed by atoms with Gasteiger partial charge in [0.1, 0.15) is 12.3 Å². The Hall–Kier alpha value is -4.71. The monoisotopic (exact) mass is 502 g/mol. The molecule has 6 heteroatoms. The number of esters is 1. The lowest BCUT2D eigenvalue weighted by atomic mass is 10.1. The highest BCUT2D eigenvalue weighted by Crippen LogP contribution is 2.22. The summed E-state index contributed by atoms with van der Waals surface area (Å²) in [4.78, 5) is 11.0. The highest BCUT2D eigenvalue weighted by Gasteiger charge is 2.10. The van der Waals surface area contributed by atoms with Crippen molar-refractivity contribution in [3.63, 3.8) is 0 Å². The summed E-state index contributed by atoms with van der Waals surface area (Å²) in [6.07, 6.45) is 18.4. The summed E-state index contributed by atoms with van der Waals surface area (Å²) in [6, 6.07) is 23.6. The van der Waals surface area contributed by atoms with Gasteiger partial charge in [0.25, 0.3) is 0 Å². The second kappa shape index (κ2) is 12.0. The van der Waals surface area contributed by atoms with E-state index in [-0.39, 0.29) is 5.97 Å². The molecular formula is C32H30N4O2+2. The maximum atomic E-state index is 11.0. The van der Waals surface area contributed by atoms with Gasteiger partial charge in [-0.25, -0.2) is 9.13 Å². The Labute approximate surface area is 222 Å². The first-order valence-corrected chi connectivity index (χ1v) is 12.7. The van der Waals surface area contributed by atoms with E-state index in [9.17, 15) is 4.79 Å². The van der Waals surface area contributed by atoms with Gasteiger partial charge in [0, 0.05) is 49.1 Å². The molecule has 38 heavy (non-hydrogen) atoms. The molecule has 0 amide bonds. The van der Waals surface area contributed by atoms with Crippen LogP contribution in [-0.4, -0.2) is 5.97 Å². The van der Waals surface area contributed by atoms with Crippen LogP contribution in [0.15, 0.2) is 132 Å². The number of azo groups is 1. The molecule has 2 aromatic carbocycles.